The van der Waals surface area contributed by atoms with E-state index in [0.717, 1.165) is 22.6 Å². The number of carbonyl (C=O) groups is 2. The quantitative estimate of drug-likeness (QED) is 0.346. The molecule has 42 heavy (non-hydrogen) atoms. The van der Waals surface area contributed by atoms with Gasteiger partial charge >= 0.3 is 18.1 Å². The van der Waals surface area contributed by atoms with Crippen molar-refractivity contribution in [3.05, 3.63) is 77.4 Å². The molecular weight excluding hydrogens is 579 g/mol. The predicted molar refractivity (Wildman–Crippen MR) is 151 cm³/mol. The maximum absolute atomic E-state index is 13.2. The van der Waals surface area contributed by atoms with E-state index in [-0.39, 0.29) is 16.1 Å². The second kappa shape index (κ2) is 13.0. The van der Waals surface area contributed by atoms with Crippen molar-refractivity contribution in [2.24, 2.45) is 0 Å². The number of methoxy groups -OCH3 is 1. The van der Waals surface area contributed by atoms with Gasteiger partial charge in [0.2, 0.25) is 0 Å². The summed E-state index contributed by atoms with van der Waals surface area (Å²) in [6.07, 6.45) is -5.08. The van der Waals surface area contributed by atoms with E-state index in [4.69, 9.17) is 14.6 Å². The molecule has 14 heteroatoms. The van der Waals surface area contributed by atoms with E-state index in [2.05, 4.69) is 14.5 Å². The maximum Gasteiger partial charge on any atom is 0.490 e. The van der Waals surface area contributed by atoms with Gasteiger partial charge in [-0.05, 0) is 67.4 Å². The molecule has 0 bridgehead atoms. The third kappa shape index (κ3) is 7.84. The molecule has 3 aromatic carbocycles. The van der Waals surface area contributed by atoms with Crippen molar-refractivity contribution in [1.29, 1.82) is 0 Å². The number of hydrogen-bond acceptors (Lipinski definition) is 7. The number of para-hydroxylation sites is 2. The standard InChI is InChI=1S/C26H29N3O5S.C2HF3O2/c1-18-8-10-21(16-19(18)2)35(32,33)27-22-17-20(26(30)31)9-11-23(22)28-12-14-29(15-13-28)24-6-4-5-7-25(24)34-3;3-2(4,5)1(6)7/h4-11,16-17,27H,12-15H2,1-3H3,(H,30,31);(H,6,7). The number of nitrogens with zero attached hydrogens (tertiary/aromatic N) is 2. The number of benzene rings is 3. The summed E-state index contributed by atoms with van der Waals surface area (Å²) in [6.45, 7) is 6.42. The fourth-order valence-corrected chi connectivity index (χ4v) is 5.34. The number of aliphatic carboxylic acids is 1. The molecule has 1 heterocycles. The average Bonchev–Trinajstić information content (AvgIpc) is 2.94. The van der Waals surface area contributed by atoms with Crippen molar-refractivity contribution in [2.75, 3.05) is 47.8 Å². The molecule has 0 atom stereocenters. The highest BCUT2D eigenvalue weighted by Crippen LogP contribution is 2.33. The van der Waals surface area contributed by atoms with E-state index in [1.54, 1.807) is 31.4 Å². The number of sulfonamides is 1. The molecule has 0 aromatic heterocycles. The number of hydrogen-bond donors (Lipinski definition) is 3. The van der Waals surface area contributed by atoms with Crippen LogP contribution in [-0.2, 0) is 14.8 Å². The second-order valence-electron chi connectivity index (χ2n) is 9.34. The van der Waals surface area contributed by atoms with Crippen LogP contribution in [0.5, 0.6) is 5.75 Å². The van der Waals surface area contributed by atoms with Gasteiger partial charge in [-0.3, -0.25) is 4.72 Å². The molecule has 3 N–H and O–H groups in total. The number of nitrogens with one attached hydrogen (secondary N) is 1. The van der Waals surface area contributed by atoms with Gasteiger partial charge in [-0.25, -0.2) is 18.0 Å². The van der Waals surface area contributed by atoms with Crippen LogP contribution in [0.4, 0.5) is 30.2 Å². The van der Waals surface area contributed by atoms with Crippen molar-refractivity contribution in [3.63, 3.8) is 0 Å². The predicted octanol–water partition coefficient (Wildman–Crippen LogP) is 4.77. The SMILES string of the molecule is COc1ccccc1N1CCN(c2ccc(C(=O)O)cc2NS(=O)(=O)c2ccc(C)c(C)c2)CC1.O=C(O)C(F)(F)F. The second-order valence-corrected chi connectivity index (χ2v) is 11.0. The van der Waals surface area contributed by atoms with E-state index < -0.39 is 28.1 Å². The fourth-order valence-electron chi connectivity index (χ4n) is 4.19. The lowest BCUT2D eigenvalue weighted by Crippen LogP contribution is -2.46. The van der Waals surface area contributed by atoms with Crippen molar-refractivity contribution < 1.29 is 46.1 Å². The van der Waals surface area contributed by atoms with Crippen LogP contribution in [0.15, 0.2) is 65.6 Å². The van der Waals surface area contributed by atoms with E-state index in [1.807, 2.05) is 38.1 Å². The highest BCUT2D eigenvalue weighted by molar-refractivity contribution is 7.92. The van der Waals surface area contributed by atoms with Crippen LogP contribution < -0.4 is 19.3 Å². The van der Waals surface area contributed by atoms with E-state index in [0.29, 0.717) is 31.9 Å². The van der Waals surface area contributed by atoms with Crippen LogP contribution in [0, 0.1) is 13.8 Å². The largest absolute Gasteiger partial charge is 0.495 e. The van der Waals surface area contributed by atoms with Crippen molar-refractivity contribution >= 4 is 39.0 Å². The Hall–Kier alpha value is -4.46. The third-order valence-corrected chi connectivity index (χ3v) is 7.93. The number of ether oxygens (including phenoxy) is 1. The Kier molecular flexibility index (Phi) is 9.94. The van der Waals surface area contributed by atoms with E-state index in [1.165, 1.54) is 12.1 Å². The topological polar surface area (TPSA) is 136 Å². The molecule has 0 unspecified atom stereocenters. The monoisotopic (exact) mass is 609 g/mol. The Balaban J connectivity index is 0.000000616. The Morgan fingerprint density at radius 2 is 1.43 bits per heavy atom. The van der Waals surface area contributed by atoms with Gasteiger partial charge in [-0.1, -0.05) is 18.2 Å². The first-order valence-electron chi connectivity index (χ1n) is 12.5. The number of halogens is 3. The first kappa shape index (κ1) is 32.1. The highest BCUT2D eigenvalue weighted by Gasteiger charge is 2.38. The van der Waals surface area contributed by atoms with Gasteiger partial charge in [0.15, 0.2) is 0 Å². The Morgan fingerprint density at radius 1 is 0.857 bits per heavy atom. The molecule has 1 aliphatic heterocycles. The first-order valence-corrected chi connectivity index (χ1v) is 14.0. The Labute approximate surface area is 241 Å². The molecule has 10 nitrogen and oxygen atoms in total. The van der Waals surface area contributed by atoms with Gasteiger partial charge < -0.3 is 24.7 Å². The third-order valence-electron chi connectivity index (χ3n) is 6.57. The van der Waals surface area contributed by atoms with Crippen LogP contribution in [0.3, 0.4) is 0 Å². The maximum atomic E-state index is 13.2. The minimum atomic E-state index is -5.08. The molecule has 1 fully saturated rings. The zero-order valence-corrected chi connectivity index (χ0v) is 23.8. The summed E-state index contributed by atoms with van der Waals surface area (Å²) in [6, 6.07) is 17.3. The lowest BCUT2D eigenvalue weighted by atomic mass is 10.1. The van der Waals surface area contributed by atoms with Crippen LogP contribution in [-0.4, -0.2) is 70.0 Å². The Morgan fingerprint density at radius 3 is 1.95 bits per heavy atom. The molecular formula is C28H30F3N3O7S. The van der Waals surface area contributed by atoms with Crippen LogP contribution in [0.2, 0.25) is 0 Å². The lowest BCUT2D eigenvalue weighted by molar-refractivity contribution is -0.192. The van der Waals surface area contributed by atoms with Gasteiger partial charge in [0, 0.05) is 26.2 Å². The smallest absolute Gasteiger partial charge is 0.490 e. The molecule has 1 aliphatic rings. The molecule has 0 aliphatic carbocycles. The van der Waals surface area contributed by atoms with E-state index in [9.17, 15) is 31.5 Å². The molecule has 4 rings (SSSR count). The van der Waals surface area contributed by atoms with E-state index >= 15 is 0 Å². The number of aryl methyl sites for hydroxylation is 2. The molecule has 3 aromatic rings. The fraction of sp³-hybridized carbons (Fsp3) is 0.286. The molecule has 0 amide bonds. The van der Waals surface area contributed by atoms with Crippen molar-refractivity contribution in [2.45, 2.75) is 24.9 Å². The minimum absolute atomic E-state index is 0.0131. The number of rotatable bonds is 7. The minimum Gasteiger partial charge on any atom is -0.495 e. The Bertz CT molecular complexity index is 1550. The summed E-state index contributed by atoms with van der Waals surface area (Å²) < 4.78 is 66.2. The molecule has 0 spiro atoms. The van der Waals surface area contributed by atoms with Crippen LogP contribution in [0.25, 0.3) is 0 Å². The summed E-state index contributed by atoms with van der Waals surface area (Å²) in [5.74, 6) is -3.08. The van der Waals surface area contributed by atoms with Crippen LogP contribution >= 0.6 is 0 Å². The summed E-state index contributed by atoms with van der Waals surface area (Å²) in [5.41, 5.74) is 3.76. The molecule has 0 saturated carbocycles. The van der Waals surface area contributed by atoms with Crippen LogP contribution in [0.1, 0.15) is 21.5 Å². The summed E-state index contributed by atoms with van der Waals surface area (Å²) in [4.78, 5) is 24.9. The number of alkyl halides is 3. The summed E-state index contributed by atoms with van der Waals surface area (Å²) >= 11 is 0. The first-order chi connectivity index (χ1) is 19.6. The number of carboxylic acids is 2. The average molecular weight is 610 g/mol. The zero-order chi connectivity index (χ0) is 31.2. The molecule has 226 valence electrons. The van der Waals surface area contributed by atoms with Crippen molar-refractivity contribution in [3.8, 4) is 5.75 Å². The number of carboxylic acid groups (broad SMARTS) is 2. The number of anilines is 3. The summed E-state index contributed by atoms with van der Waals surface area (Å²) in [7, 11) is -2.27. The number of piperazine rings is 1. The number of aromatic carboxylic acids is 1. The zero-order valence-electron chi connectivity index (χ0n) is 23.0. The van der Waals surface area contributed by atoms with Crippen molar-refractivity contribution in [1.82, 2.24) is 0 Å². The van der Waals surface area contributed by atoms with Gasteiger partial charge in [0.05, 0.1) is 34.6 Å². The van der Waals surface area contributed by atoms with Gasteiger partial charge in [0.1, 0.15) is 5.75 Å². The molecule has 1 saturated heterocycles. The summed E-state index contributed by atoms with van der Waals surface area (Å²) in [5, 5.41) is 16.6. The normalized spacial score (nSPS) is 13.6. The van der Waals surface area contributed by atoms with Gasteiger partial charge in [-0.15, -0.1) is 0 Å². The van der Waals surface area contributed by atoms with Gasteiger partial charge in [0.25, 0.3) is 10.0 Å². The molecule has 0 radical (unpaired) electrons. The highest BCUT2D eigenvalue weighted by atomic mass is 32.2. The lowest BCUT2D eigenvalue weighted by Gasteiger charge is -2.38. The van der Waals surface area contributed by atoms with Gasteiger partial charge in [-0.2, -0.15) is 13.2 Å².